The minimum atomic E-state index is -3.03. The molecule has 2 fully saturated rings. The Bertz CT molecular complexity index is 1020. The van der Waals surface area contributed by atoms with Gasteiger partial charge in [-0.05, 0) is 44.2 Å². The molecule has 31 heavy (non-hydrogen) atoms. The summed E-state index contributed by atoms with van der Waals surface area (Å²) < 4.78 is 25.6. The zero-order chi connectivity index (χ0) is 22.0. The molecule has 0 bridgehead atoms. The predicted molar refractivity (Wildman–Crippen MR) is 120 cm³/mol. The van der Waals surface area contributed by atoms with Crippen LogP contribution in [0.3, 0.4) is 0 Å². The van der Waals surface area contributed by atoms with Gasteiger partial charge in [0.15, 0.2) is 20.8 Å². The van der Waals surface area contributed by atoms with Crippen LogP contribution in [0.1, 0.15) is 52.0 Å². The van der Waals surface area contributed by atoms with E-state index in [4.69, 9.17) is 0 Å². The smallest absolute Gasteiger partial charge is 0.233 e. The molecule has 0 radical (unpaired) electrons. The third kappa shape index (κ3) is 5.11. The second-order valence-corrected chi connectivity index (χ2v) is 12.2. The molecule has 1 N–H and O–H groups in total. The summed E-state index contributed by atoms with van der Waals surface area (Å²) in [5.74, 6) is 1.27. The molecule has 0 aromatic carbocycles. The van der Waals surface area contributed by atoms with E-state index in [2.05, 4.69) is 32.0 Å². The van der Waals surface area contributed by atoms with Gasteiger partial charge < -0.3 is 5.32 Å². The van der Waals surface area contributed by atoms with E-state index in [0.717, 1.165) is 35.8 Å². The van der Waals surface area contributed by atoms with E-state index in [1.807, 2.05) is 19.1 Å². The Labute approximate surface area is 187 Å². The van der Waals surface area contributed by atoms with E-state index in [1.54, 1.807) is 12.4 Å². The molecule has 10 heteroatoms. The topological polar surface area (TPSA) is 107 Å². The van der Waals surface area contributed by atoms with Crippen molar-refractivity contribution in [2.75, 3.05) is 11.5 Å². The van der Waals surface area contributed by atoms with Crippen LogP contribution < -0.4 is 5.32 Å². The maximum atomic E-state index is 12.7. The SMILES string of the molecule is C[C@H](Sc1nnc(-c2cccnc2)n1[C@@H]1CCCC[C@@H]1C)C(=O)N[C@@H]1CCS(=O)(=O)C1. The van der Waals surface area contributed by atoms with Crippen molar-refractivity contribution in [3.05, 3.63) is 24.5 Å². The third-order valence-electron chi connectivity index (χ3n) is 6.21. The van der Waals surface area contributed by atoms with Crippen molar-refractivity contribution in [3.63, 3.8) is 0 Å². The van der Waals surface area contributed by atoms with Gasteiger partial charge in [0.1, 0.15) is 0 Å². The van der Waals surface area contributed by atoms with Crippen LogP contribution in [-0.4, -0.2) is 56.9 Å². The molecule has 1 saturated heterocycles. The number of hydrogen-bond acceptors (Lipinski definition) is 7. The van der Waals surface area contributed by atoms with E-state index in [-0.39, 0.29) is 29.5 Å². The third-order valence-corrected chi connectivity index (χ3v) is 9.04. The van der Waals surface area contributed by atoms with Gasteiger partial charge in [-0.3, -0.25) is 14.3 Å². The summed E-state index contributed by atoms with van der Waals surface area (Å²) in [5.41, 5.74) is 0.910. The molecule has 3 heterocycles. The zero-order valence-electron chi connectivity index (χ0n) is 17.9. The Hall–Kier alpha value is -1.94. The van der Waals surface area contributed by atoms with E-state index in [9.17, 15) is 13.2 Å². The molecule has 1 saturated carbocycles. The lowest BCUT2D eigenvalue weighted by Gasteiger charge is -2.31. The molecule has 1 aliphatic heterocycles. The van der Waals surface area contributed by atoms with Crippen molar-refractivity contribution in [1.29, 1.82) is 0 Å². The van der Waals surface area contributed by atoms with E-state index < -0.39 is 15.1 Å². The van der Waals surface area contributed by atoms with Gasteiger partial charge in [0, 0.05) is 30.0 Å². The predicted octanol–water partition coefficient (Wildman–Crippen LogP) is 2.88. The first-order chi connectivity index (χ1) is 14.8. The first-order valence-electron chi connectivity index (χ1n) is 10.9. The summed E-state index contributed by atoms with van der Waals surface area (Å²) in [5, 5.41) is 12.1. The van der Waals surface area contributed by atoms with Gasteiger partial charge >= 0.3 is 0 Å². The van der Waals surface area contributed by atoms with Crippen molar-refractivity contribution in [3.8, 4) is 11.4 Å². The maximum absolute atomic E-state index is 12.7. The molecule has 0 spiro atoms. The number of carbonyl (C=O) groups excluding carboxylic acids is 1. The van der Waals surface area contributed by atoms with Gasteiger partial charge in [-0.15, -0.1) is 10.2 Å². The largest absolute Gasteiger partial charge is 0.351 e. The van der Waals surface area contributed by atoms with Crippen molar-refractivity contribution in [2.24, 2.45) is 5.92 Å². The Balaban J connectivity index is 1.56. The normalized spacial score (nSPS) is 26.5. The zero-order valence-corrected chi connectivity index (χ0v) is 19.5. The monoisotopic (exact) mass is 463 g/mol. The molecule has 2 aliphatic rings. The number of pyridine rings is 1. The molecule has 8 nitrogen and oxygen atoms in total. The highest BCUT2D eigenvalue weighted by molar-refractivity contribution is 8.00. The average Bonchev–Trinajstić information content (AvgIpc) is 3.31. The minimum Gasteiger partial charge on any atom is -0.351 e. The first-order valence-corrected chi connectivity index (χ1v) is 13.6. The number of hydrogen-bond donors (Lipinski definition) is 1. The molecular formula is C21H29N5O3S2. The lowest BCUT2D eigenvalue weighted by molar-refractivity contribution is -0.120. The van der Waals surface area contributed by atoms with Crippen molar-refractivity contribution in [2.45, 2.75) is 68.4 Å². The number of sulfone groups is 1. The van der Waals surface area contributed by atoms with Crippen LogP contribution in [0, 0.1) is 5.92 Å². The van der Waals surface area contributed by atoms with Crippen LogP contribution in [-0.2, 0) is 14.6 Å². The second kappa shape index (κ2) is 9.28. The Morgan fingerprint density at radius 1 is 1.26 bits per heavy atom. The van der Waals surface area contributed by atoms with Gasteiger partial charge in [-0.2, -0.15) is 0 Å². The van der Waals surface area contributed by atoms with Crippen LogP contribution in [0.25, 0.3) is 11.4 Å². The van der Waals surface area contributed by atoms with Gasteiger partial charge in [0.2, 0.25) is 5.91 Å². The quantitative estimate of drug-likeness (QED) is 0.657. The highest BCUT2D eigenvalue weighted by atomic mass is 32.2. The number of nitrogens with one attached hydrogen (secondary N) is 1. The Morgan fingerprint density at radius 3 is 2.74 bits per heavy atom. The summed E-state index contributed by atoms with van der Waals surface area (Å²) in [6.07, 6.45) is 8.61. The van der Waals surface area contributed by atoms with E-state index >= 15 is 0 Å². The van der Waals surface area contributed by atoms with Crippen molar-refractivity contribution >= 4 is 27.5 Å². The number of amides is 1. The molecule has 0 unspecified atom stereocenters. The molecule has 1 amide bonds. The minimum absolute atomic E-state index is 0.0249. The number of carbonyl (C=O) groups is 1. The van der Waals surface area contributed by atoms with E-state index in [1.165, 1.54) is 18.2 Å². The fourth-order valence-electron chi connectivity index (χ4n) is 4.47. The summed E-state index contributed by atoms with van der Waals surface area (Å²) in [4.78, 5) is 17.0. The molecule has 2 aromatic heterocycles. The molecule has 1 aliphatic carbocycles. The number of rotatable bonds is 6. The second-order valence-electron chi connectivity index (χ2n) is 8.62. The van der Waals surface area contributed by atoms with Crippen LogP contribution >= 0.6 is 11.8 Å². The molecular weight excluding hydrogens is 434 g/mol. The van der Waals surface area contributed by atoms with Crippen LogP contribution in [0.5, 0.6) is 0 Å². The summed E-state index contributed by atoms with van der Waals surface area (Å²) in [6.45, 7) is 4.10. The highest BCUT2D eigenvalue weighted by Crippen LogP contribution is 2.39. The standard InChI is InChI=1S/C21H29N5O3S2/c1-14-6-3-4-8-18(14)26-19(16-7-5-10-22-12-16)24-25-21(26)30-15(2)20(27)23-17-9-11-31(28,29)13-17/h5,7,10,12,14-15,17-18H,3-4,6,8-9,11,13H2,1-2H3,(H,23,27)/t14-,15-,17+,18+/m0/s1. The van der Waals surface area contributed by atoms with Crippen molar-refractivity contribution in [1.82, 2.24) is 25.1 Å². The fourth-order valence-corrected chi connectivity index (χ4v) is 7.06. The van der Waals surface area contributed by atoms with E-state index in [0.29, 0.717) is 12.3 Å². The maximum Gasteiger partial charge on any atom is 0.233 e. The van der Waals surface area contributed by atoms with Crippen LogP contribution in [0.4, 0.5) is 0 Å². The summed E-state index contributed by atoms with van der Waals surface area (Å²) in [7, 11) is -3.03. The first kappa shape index (κ1) is 22.3. The van der Waals surface area contributed by atoms with Crippen LogP contribution in [0.2, 0.25) is 0 Å². The molecule has 2 aromatic rings. The lowest BCUT2D eigenvalue weighted by atomic mass is 9.85. The van der Waals surface area contributed by atoms with Gasteiger partial charge in [0.25, 0.3) is 0 Å². The molecule has 4 rings (SSSR count). The molecule has 168 valence electrons. The van der Waals surface area contributed by atoms with Gasteiger partial charge in [-0.25, -0.2) is 8.42 Å². The number of thioether (sulfide) groups is 1. The Kier molecular flexibility index (Phi) is 6.66. The Morgan fingerprint density at radius 2 is 2.06 bits per heavy atom. The highest BCUT2D eigenvalue weighted by Gasteiger charge is 2.32. The van der Waals surface area contributed by atoms with Gasteiger partial charge in [-0.1, -0.05) is 31.5 Å². The summed E-state index contributed by atoms with van der Waals surface area (Å²) >= 11 is 1.38. The van der Waals surface area contributed by atoms with Crippen LogP contribution in [0.15, 0.2) is 29.7 Å². The fraction of sp³-hybridized carbons (Fsp3) is 0.619. The molecule has 4 atom stereocenters. The number of aromatic nitrogens is 4. The number of nitrogens with zero attached hydrogens (tertiary/aromatic N) is 4. The lowest BCUT2D eigenvalue weighted by Crippen LogP contribution is -2.40. The average molecular weight is 464 g/mol. The summed E-state index contributed by atoms with van der Waals surface area (Å²) in [6, 6.07) is 3.84. The van der Waals surface area contributed by atoms with Gasteiger partial charge in [0.05, 0.1) is 16.8 Å². The van der Waals surface area contributed by atoms with Crippen molar-refractivity contribution < 1.29 is 13.2 Å².